The lowest BCUT2D eigenvalue weighted by Gasteiger charge is -2.26. The second-order valence-electron chi connectivity index (χ2n) is 17.3. The van der Waals surface area contributed by atoms with Gasteiger partial charge in [-0.1, -0.05) is 164 Å². The van der Waals surface area contributed by atoms with E-state index in [0.717, 1.165) is 34.8 Å². The Labute approximate surface area is 362 Å². The summed E-state index contributed by atoms with van der Waals surface area (Å²) in [6.07, 6.45) is 5.69. The van der Waals surface area contributed by atoms with Crippen LogP contribution in [0.1, 0.15) is 37.2 Å². The van der Waals surface area contributed by atoms with Crippen molar-refractivity contribution in [3.05, 3.63) is 212 Å². The first kappa shape index (κ1) is 36.1. The minimum Gasteiger partial charge on any atom is -0.311 e. The van der Waals surface area contributed by atoms with E-state index in [2.05, 4.69) is 211 Å². The molecule has 292 valence electrons. The van der Waals surface area contributed by atoms with Crippen molar-refractivity contribution < 1.29 is 0 Å². The molecule has 0 aliphatic heterocycles. The molecule has 61 heavy (non-hydrogen) atoms. The first-order valence-corrected chi connectivity index (χ1v) is 22.7. The molecule has 2 saturated carbocycles. The standard InChI is InChI=1S/C59H45NS/c1-2-8-43(9-3-1)52-13-6-10-46-11-7-14-53(59(46)52)44-26-33-51(34-27-44)60(49-29-22-41(23-30-49)40-18-20-45(21-19-40)56-37-39-16-17-48(56)36-39)50-31-24-42(25-32-50)47-28-35-55-54-12-4-5-15-57(54)61-58(55)38-47/h1-15,18-35,38-39,48,56H,16-17,36-37H2. The molecule has 1 aromatic heterocycles. The zero-order chi connectivity index (χ0) is 40.3. The van der Waals surface area contributed by atoms with Gasteiger partial charge < -0.3 is 4.90 Å². The molecule has 1 nitrogen and oxygen atoms in total. The van der Waals surface area contributed by atoms with E-state index in [4.69, 9.17) is 0 Å². The molecule has 2 aliphatic rings. The Morgan fingerprint density at radius 1 is 0.393 bits per heavy atom. The topological polar surface area (TPSA) is 3.24 Å². The summed E-state index contributed by atoms with van der Waals surface area (Å²) in [6.45, 7) is 0. The van der Waals surface area contributed by atoms with E-state index in [-0.39, 0.29) is 0 Å². The molecule has 2 fully saturated rings. The van der Waals surface area contributed by atoms with Crippen LogP contribution in [0.15, 0.2) is 206 Å². The van der Waals surface area contributed by atoms with Gasteiger partial charge in [-0.25, -0.2) is 0 Å². The van der Waals surface area contributed by atoms with Gasteiger partial charge in [0.15, 0.2) is 0 Å². The number of thiophene rings is 1. The fraction of sp³-hybridized carbons (Fsp3) is 0.119. The smallest absolute Gasteiger partial charge is 0.0462 e. The third kappa shape index (κ3) is 6.54. The molecule has 2 heteroatoms. The van der Waals surface area contributed by atoms with Crippen molar-refractivity contribution in [2.75, 3.05) is 4.90 Å². The molecule has 0 spiro atoms. The first-order valence-electron chi connectivity index (χ1n) is 21.9. The summed E-state index contributed by atoms with van der Waals surface area (Å²) >= 11 is 1.87. The number of rotatable bonds is 8. The van der Waals surface area contributed by atoms with E-state index in [0.29, 0.717) is 0 Å². The molecule has 2 bridgehead atoms. The fourth-order valence-electron chi connectivity index (χ4n) is 10.8. The average molecular weight is 800 g/mol. The third-order valence-electron chi connectivity index (χ3n) is 13.8. The fourth-order valence-corrected chi connectivity index (χ4v) is 11.9. The molecule has 3 unspecified atom stereocenters. The third-order valence-corrected chi connectivity index (χ3v) is 14.9. The number of nitrogens with zero attached hydrogens (tertiary/aromatic N) is 1. The Balaban J connectivity index is 0.900. The van der Waals surface area contributed by atoms with Crippen LogP contribution in [0.5, 0.6) is 0 Å². The first-order chi connectivity index (χ1) is 30.2. The van der Waals surface area contributed by atoms with Crippen LogP contribution in [0.3, 0.4) is 0 Å². The number of anilines is 3. The average Bonchev–Trinajstić information content (AvgIpc) is 4.08. The predicted molar refractivity (Wildman–Crippen MR) is 261 cm³/mol. The molecule has 9 aromatic carbocycles. The molecule has 0 saturated heterocycles. The highest BCUT2D eigenvalue weighted by molar-refractivity contribution is 7.25. The summed E-state index contributed by atoms with van der Waals surface area (Å²) in [7, 11) is 0. The van der Waals surface area contributed by atoms with Crippen molar-refractivity contribution in [1.29, 1.82) is 0 Å². The summed E-state index contributed by atoms with van der Waals surface area (Å²) in [4.78, 5) is 2.39. The maximum absolute atomic E-state index is 2.40. The Bertz CT molecular complexity index is 3170. The van der Waals surface area contributed by atoms with Gasteiger partial charge in [0.25, 0.3) is 0 Å². The van der Waals surface area contributed by atoms with E-state index < -0.39 is 0 Å². The molecule has 1 heterocycles. The normalized spacial score (nSPS) is 17.1. The van der Waals surface area contributed by atoms with Crippen LogP contribution >= 0.6 is 11.3 Å². The second-order valence-corrected chi connectivity index (χ2v) is 18.3. The maximum atomic E-state index is 2.40. The SMILES string of the molecule is c1ccc(-c2cccc3cccc(-c4ccc(N(c5ccc(-c6ccc(C7CC8CCC7C8)cc6)cc5)c5ccc(-c6ccc7c(c6)sc6ccccc67)cc5)cc4)c23)cc1. The number of hydrogen-bond acceptors (Lipinski definition) is 2. The Kier molecular flexibility index (Phi) is 8.93. The summed E-state index contributed by atoms with van der Waals surface area (Å²) in [6, 6.07) is 76.6. The minimum atomic E-state index is 0.756. The zero-order valence-corrected chi connectivity index (χ0v) is 34.9. The van der Waals surface area contributed by atoms with Crippen molar-refractivity contribution in [3.63, 3.8) is 0 Å². The molecule has 0 radical (unpaired) electrons. The van der Waals surface area contributed by atoms with Gasteiger partial charge in [-0.2, -0.15) is 0 Å². The van der Waals surface area contributed by atoms with Gasteiger partial charge in [0.2, 0.25) is 0 Å². The molecular weight excluding hydrogens is 755 g/mol. The summed E-state index contributed by atoms with van der Waals surface area (Å²) in [5, 5.41) is 5.19. The van der Waals surface area contributed by atoms with Crippen molar-refractivity contribution in [2.45, 2.75) is 31.6 Å². The van der Waals surface area contributed by atoms with Crippen LogP contribution in [0, 0.1) is 11.8 Å². The molecule has 10 aromatic rings. The van der Waals surface area contributed by atoms with Crippen LogP contribution in [-0.2, 0) is 0 Å². The Morgan fingerprint density at radius 2 is 0.934 bits per heavy atom. The van der Waals surface area contributed by atoms with Crippen LogP contribution in [0.4, 0.5) is 17.1 Å². The van der Waals surface area contributed by atoms with Crippen LogP contribution in [0.25, 0.3) is 75.5 Å². The highest BCUT2D eigenvalue weighted by Crippen LogP contribution is 2.53. The molecule has 3 atom stereocenters. The van der Waals surface area contributed by atoms with E-state index in [1.54, 1.807) is 0 Å². The number of hydrogen-bond donors (Lipinski definition) is 0. The van der Waals surface area contributed by atoms with Gasteiger partial charge in [0.05, 0.1) is 0 Å². The largest absolute Gasteiger partial charge is 0.311 e. The highest BCUT2D eigenvalue weighted by Gasteiger charge is 2.40. The highest BCUT2D eigenvalue weighted by atomic mass is 32.1. The van der Waals surface area contributed by atoms with E-state index >= 15 is 0 Å². The van der Waals surface area contributed by atoms with Crippen molar-refractivity contribution in [1.82, 2.24) is 0 Å². The second kappa shape index (κ2) is 15.1. The molecular formula is C59H45NS. The van der Waals surface area contributed by atoms with Gasteiger partial charge in [-0.3, -0.25) is 0 Å². The number of benzene rings is 9. The van der Waals surface area contributed by atoms with Crippen molar-refractivity contribution >= 4 is 59.3 Å². The summed E-state index contributed by atoms with van der Waals surface area (Å²) in [5.41, 5.74) is 14.8. The quantitative estimate of drug-likeness (QED) is 0.148. The lowest BCUT2D eigenvalue weighted by atomic mass is 9.83. The summed E-state index contributed by atoms with van der Waals surface area (Å²) in [5.74, 6) is 2.61. The van der Waals surface area contributed by atoms with Crippen LogP contribution in [-0.4, -0.2) is 0 Å². The number of fused-ring (bicyclic) bond motifs is 6. The van der Waals surface area contributed by atoms with E-state index in [9.17, 15) is 0 Å². The molecule has 0 amide bonds. The van der Waals surface area contributed by atoms with E-state index in [1.165, 1.54) is 107 Å². The van der Waals surface area contributed by atoms with E-state index in [1.807, 2.05) is 11.3 Å². The van der Waals surface area contributed by atoms with Gasteiger partial charge in [-0.05, 0) is 146 Å². The summed E-state index contributed by atoms with van der Waals surface area (Å²) < 4.78 is 2.66. The van der Waals surface area contributed by atoms with Crippen LogP contribution < -0.4 is 4.90 Å². The van der Waals surface area contributed by atoms with Crippen molar-refractivity contribution in [3.8, 4) is 44.5 Å². The Hall–Kier alpha value is -6.74. The van der Waals surface area contributed by atoms with Crippen LogP contribution in [0.2, 0.25) is 0 Å². The molecule has 2 aliphatic carbocycles. The minimum absolute atomic E-state index is 0.756. The monoisotopic (exact) mass is 799 g/mol. The van der Waals surface area contributed by atoms with Gasteiger partial charge in [-0.15, -0.1) is 11.3 Å². The zero-order valence-electron chi connectivity index (χ0n) is 34.0. The van der Waals surface area contributed by atoms with Gasteiger partial charge in [0, 0.05) is 37.2 Å². The lowest BCUT2D eigenvalue weighted by molar-refractivity contribution is 0.420. The Morgan fingerprint density at radius 3 is 1.56 bits per heavy atom. The van der Waals surface area contributed by atoms with Gasteiger partial charge >= 0.3 is 0 Å². The predicted octanol–water partition coefficient (Wildman–Crippen LogP) is 17.2. The molecule has 12 rings (SSSR count). The molecule has 0 N–H and O–H groups in total. The van der Waals surface area contributed by atoms with Crippen molar-refractivity contribution in [2.24, 2.45) is 11.8 Å². The lowest BCUT2D eigenvalue weighted by Crippen LogP contribution is -2.09. The maximum Gasteiger partial charge on any atom is 0.0462 e. The van der Waals surface area contributed by atoms with Gasteiger partial charge in [0.1, 0.15) is 0 Å².